The molecule has 0 spiro atoms. The summed E-state index contributed by atoms with van der Waals surface area (Å²) < 4.78 is 0. The number of aliphatic imine (C=N–C) groups is 1. The third-order valence-electron chi connectivity index (χ3n) is 6.36. The molecule has 2 bridgehead atoms. The zero-order valence-corrected chi connectivity index (χ0v) is 14.9. The van der Waals surface area contributed by atoms with Gasteiger partial charge in [-0.1, -0.05) is 19.1 Å². The number of allylic oxidation sites excluding steroid dienone is 2. The van der Waals surface area contributed by atoms with Gasteiger partial charge in [-0.25, -0.2) is 0 Å². The Bertz CT molecular complexity index is 599. The molecule has 2 aliphatic heterocycles. The van der Waals surface area contributed by atoms with Crippen molar-refractivity contribution >= 4 is 17.8 Å². The largest absolute Gasteiger partial charge is 0.370 e. The molecule has 3 fully saturated rings. The van der Waals surface area contributed by atoms with Crippen molar-refractivity contribution in [3.05, 3.63) is 12.2 Å². The van der Waals surface area contributed by atoms with Crippen molar-refractivity contribution in [3.63, 3.8) is 0 Å². The summed E-state index contributed by atoms with van der Waals surface area (Å²) in [5, 5.41) is 0. The lowest BCUT2D eigenvalue weighted by atomic mass is 9.85. The Hall–Kier alpha value is -1.85. The van der Waals surface area contributed by atoms with Gasteiger partial charge in [0, 0.05) is 26.2 Å². The molecule has 6 nitrogen and oxygen atoms in total. The van der Waals surface area contributed by atoms with E-state index < -0.39 is 0 Å². The number of amides is 2. The molecule has 0 unspecified atom stereocenters. The lowest BCUT2D eigenvalue weighted by Gasteiger charge is -2.31. The quantitative estimate of drug-likeness (QED) is 0.273. The highest BCUT2D eigenvalue weighted by molar-refractivity contribution is 6.06. The predicted octanol–water partition coefficient (Wildman–Crippen LogP) is 1.23. The van der Waals surface area contributed by atoms with Crippen LogP contribution in [0.25, 0.3) is 0 Å². The van der Waals surface area contributed by atoms with Gasteiger partial charge in [-0.05, 0) is 43.4 Å². The standard InChI is InChI=1S/C19H28N4O2/c1-12-4-2-8-22(11-12)19(20)21-7-3-9-23-17(24)15-13-5-6-14(10-13)16(15)18(23)25/h5-6,12-16H,2-4,7-11H2,1H3,(H2,20,21)/t12-,13-,14-,15-,16+/m0/s1. The van der Waals surface area contributed by atoms with Crippen LogP contribution in [0.4, 0.5) is 0 Å². The third-order valence-corrected chi connectivity index (χ3v) is 6.36. The lowest BCUT2D eigenvalue weighted by molar-refractivity contribution is -0.140. The van der Waals surface area contributed by atoms with E-state index in [1.807, 2.05) is 0 Å². The van der Waals surface area contributed by atoms with Crippen LogP contribution >= 0.6 is 0 Å². The SMILES string of the molecule is C[C@H]1CCCN(C(N)=NCCCN2C(=O)[C@@H]3[C@H](C2=O)[C@H]2C=C[C@H]3C2)C1. The van der Waals surface area contributed by atoms with Crippen molar-refractivity contribution in [3.8, 4) is 0 Å². The maximum atomic E-state index is 12.6. The summed E-state index contributed by atoms with van der Waals surface area (Å²) in [7, 11) is 0. The van der Waals surface area contributed by atoms with Gasteiger partial charge >= 0.3 is 0 Å². The van der Waals surface area contributed by atoms with E-state index in [-0.39, 0.29) is 35.5 Å². The van der Waals surface area contributed by atoms with E-state index in [2.05, 4.69) is 29.0 Å². The second-order valence-electron chi connectivity index (χ2n) is 8.11. The molecule has 25 heavy (non-hydrogen) atoms. The van der Waals surface area contributed by atoms with E-state index in [1.54, 1.807) is 0 Å². The van der Waals surface area contributed by atoms with Crippen molar-refractivity contribution in [2.45, 2.75) is 32.6 Å². The van der Waals surface area contributed by atoms with Crippen LogP contribution in [0.5, 0.6) is 0 Å². The molecular formula is C19H28N4O2. The van der Waals surface area contributed by atoms with Crippen molar-refractivity contribution in [1.82, 2.24) is 9.80 Å². The second-order valence-corrected chi connectivity index (χ2v) is 8.11. The van der Waals surface area contributed by atoms with Crippen LogP contribution in [-0.2, 0) is 9.59 Å². The van der Waals surface area contributed by atoms with Crippen LogP contribution in [0, 0.1) is 29.6 Å². The highest BCUT2D eigenvalue weighted by atomic mass is 16.2. The zero-order chi connectivity index (χ0) is 17.6. The number of rotatable bonds is 4. The van der Waals surface area contributed by atoms with Crippen molar-refractivity contribution in [1.29, 1.82) is 0 Å². The lowest BCUT2D eigenvalue weighted by Crippen LogP contribution is -2.43. The molecule has 2 heterocycles. The zero-order valence-electron chi connectivity index (χ0n) is 14.9. The van der Waals surface area contributed by atoms with Crippen LogP contribution < -0.4 is 5.73 Å². The fourth-order valence-electron chi connectivity index (χ4n) is 5.10. The summed E-state index contributed by atoms with van der Waals surface area (Å²) in [5.41, 5.74) is 6.10. The van der Waals surface area contributed by atoms with Crippen LogP contribution in [0.3, 0.4) is 0 Å². The molecule has 5 atom stereocenters. The van der Waals surface area contributed by atoms with Gasteiger partial charge in [-0.2, -0.15) is 0 Å². The molecule has 4 rings (SSSR count). The molecule has 0 aromatic rings. The van der Waals surface area contributed by atoms with E-state index in [4.69, 9.17) is 5.73 Å². The van der Waals surface area contributed by atoms with Gasteiger partial charge in [0.15, 0.2) is 5.96 Å². The maximum absolute atomic E-state index is 12.6. The molecule has 2 N–H and O–H groups in total. The smallest absolute Gasteiger partial charge is 0.233 e. The minimum atomic E-state index is -0.0918. The summed E-state index contributed by atoms with van der Waals surface area (Å²) in [5.74, 6) is 1.71. The molecule has 6 heteroatoms. The molecule has 2 saturated heterocycles. The van der Waals surface area contributed by atoms with E-state index in [0.717, 1.165) is 25.9 Å². The van der Waals surface area contributed by atoms with Gasteiger partial charge in [0.05, 0.1) is 11.8 Å². The number of hydrogen-bond acceptors (Lipinski definition) is 3. The van der Waals surface area contributed by atoms with E-state index in [0.29, 0.717) is 31.4 Å². The van der Waals surface area contributed by atoms with Crippen LogP contribution in [0.15, 0.2) is 17.1 Å². The minimum Gasteiger partial charge on any atom is -0.370 e. The number of carbonyl (C=O) groups excluding carboxylic acids is 2. The van der Waals surface area contributed by atoms with Gasteiger partial charge in [0.25, 0.3) is 0 Å². The van der Waals surface area contributed by atoms with Crippen LogP contribution in [0.1, 0.15) is 32.6 Å². The summed E-state index contributed by atoms with van der Waals surface area (Å²) in [6.07, 6.45) is 8.34. The first kappa shape index (κ1) is 16.6. The Balaban J connectivity index is 1.29. The molecule has 4 aliphatic rings. The summed E-state index contributed by atoms with van der Waals surface area (Å²) >= 11 is 0. The van der Waals surface area contributed by atoms with Crippen molar-refractivity contribution in [2.24, 2.45) is 40.3 Å². The predicted molar refractivity (Wildman–Crippen MR) is 95.5 cm³/mol. The van der Waals surface area contributed by atoms with E-state index >= 15 is 0 Å². The van der Waals surface area contributed by atoms with Gasteiger partial charge in [-0.3, -0.25) is 19.5 Å². The summed E-state index contributed by atoms with van der Waals surface area (Å²) in [4.78, 5) is 33.3. The fourth-order valence-corrected chi connectivity index (χ4v) is 5.10. The normalized spacial score (nSPS) is 37.3. The van der Waals surface area contributed by atoms with Gasteiger partial charge in [0.2, 0.25) is 11.8 Å². The Kier molecular flexibility index (Phi) is 4.29. The Labute approximate surface area is 149 Å². The molecule has 2 aliphatic carbocycles. The Morgan fingerprint density at radius 1 is 1.24 bits per heavy atom. The summed E-state index contributed by atoms with van der Waals surface area (Å²) in [6, 6.07) is 0. The average Bonchev–Trinajstić information content (AvgIpc) is 3.27. The average molecular weight is 344 g/mol. The topological polar surface area (TPSA) is 79.0 Å². The maximum Gasteiger partial charge on any atom is 0.233 e. The number of nitrogens with two attached hydrogens (primary N) is 1. The molecular weight excluding hydrogens is 316 g/mol. The number of fused-ring (bicyclic) bond motifs is 5. The molecule has 0 aromatic carbocycles. The number of nitrogens with zero attached hydrogens (tertiary/aromatic N) is 3. The number of carbonyl (C=O) groups is 2. The number of hydrogen-bond donors (Lipinski definition) is 1. The van der Waals surface area contributed by atoms with Crippen LogP contribution in [0.2, 0.25) is 0 Å². The number of piperidine rings is 1. The van der Waals surface area contributed by atoms with E-state index in [9.17, 15) is 9.59 Å². The molecule has 2 amide bonds. The molecule has 136 valence electrons. The van der Waals surface area contributed by atoms with Crippen LogP contribution in [-0.4, -0.2) is 53.8 Å². The molecule has 1 saturated carbocycles. The highest BCUT2D eigenvalue weighted by Gasteiger charge is 2.58. The van der Waals surface area contributed by atoms with Gasteiger partial charge in [-0.15, -0.1) is 0 Å². The first-order chi connectivity index (χ1) is 12.1. The molecule has 0 radical (unpaired) electrons. The summed E-state index contributed by atoms with van der Waals surface area (Å²) in [6.45, 7) is 5.22. The fraction of sp³-hybridized carbons (Fsp3) is 0.737. The Morgan fingerprint density at radius 2 is 1.92 bits per heavy atom. The third kappa shape index (κ3) is 2.85. The minimum absolute atomic E-state index is 0.0358. The number of likely N-dealkylation sites (tertiary alicyclic amines) is 2. The van der Waals surface area contributed by atoms with Gasteiger partial charge < -0.3 is 10.6 Å². The number of guanidine groups is 1. The monoisotopic (exact) mass is 344 g/mol. The van der Waals surface area contributed by atoms with Crippen molar-refractivity contribution in [2.75, 3.05) is 26.2 Å². The molecule has 0 aromatic heterocycles. The highest BCUT2D eigenvalue weighted by Crippen LogP contribution is 2.52. The second kappa shape index (κ2) is 6.46. The van der Waals surface area contributed by atoms with Crippen molar-refractivity contribution < 1.29 is 9.59 Å². The first-order valence-corrected chi connectivity index (χ1v) is 9.64. The Morgan fingerprint density at radius 3 is 2.56 bits per heavy atom. The van der Waals surface area contributed by atoms with Gasteiger partial charge in [0.1, 0.15) is 0 Å². The number of imide groups is 1. The first-order valence-electron chi connectivity index (χ1n) is 9.64. The van der Waals surface area contributed by atoms with E-state index in [1.165, 1.54) is 11.3 Å².